The third-order valence-electron chi connectivity index (χ3n) is 0.773. The molecule has 0 aromatic rings. The van der Waals surface area contributed by atoms with E-state index >= 15 is 0 Å². The normalized spacial score (nSPS) is 13.8. The summed E-state index contributed by atoms with van der Waals surface area (Å²) >= 11 is 0. The summed E-state index contributed by atoms with van der Waals surface area (Å²) in [6.45, 7) is 7.66. The summed E-state index contributed by atoms with van der Waals surface area (Å²) in [7, 11) is 0. The second kappa shape index (κ2) is 5.16. The zero-order valence-corrected chi connectivity index (χ0v) is 6.02. The zero-order chi connectivity index (χ0) is 7.11. The number of rotatable bonds is 0. The van der Waals surface area contributed by atoms with E-state index in [1.54, 1.807) is 0 Å². The molecule has 0 saturated heterocycles. The summed E-state index contributed by atoms with van der Waals surface area (Å²) in [6, 6.07) is 0. The van der Waals surface area contributed by atoms with Crippen molar-refractivity contribution in [2.24, 2.45) is 0 Å². The van der Waals surface area contributed by atoms with Crippen LogP contribution in [0.2, 0.25) is 0 Å². The van der Waals surface area contributed by atoms with Gasteiger partial charge in [0, 0.05) is 11.9 Å². The van der Waals surface area contributed by atoms with E-state index < -0.39 is 0 Å². The molecule has 0 aromatic carbocycles. The number of hydrogen-bond donors (Lipinski definition) is 1. The highest BCUT2D eigenvalue weighted by Gasteiger charge is 1.81. The van der Waals surface area contributed by atoms with Gasteiger partial charge in [0.25, 0.3) is 0 Å². The molecule has 1 heteroatoms. The molecule has 1 N–H and O–H groups in total. The largest absolute Gasteiger partial charge is 0.362 e. The van der Waals surface area contributed by atoms with Crippen molar-refractivity contribution in [3.8, 4) is 0 Å². The van der Waals surface area contributed by atoms with Gasteiger partial charge in [0.15, 0.2) is 0 Å². The maximum atomic E-state index is 3.66. The van der Waals surface area contributed by atoms with Gasteiger partial charge in [-0.1, -0.05) is 26.5 Å². The Labute approximate surface area is 56.8 Å². The van der Waals surface area contributed by atoms with Crippen LogP contribution in [0.4, 0.5) is 0 Å². The molecule has 0 bridgehead atoms. The molecule has 50 valence electrons. The van der Waals surface area contributed by atoms with Crippen molar-refractivity contribution in [3.63, 3.8) is 0 Å². The van der Waals surface area contributed by atoms with Gasteiger partial charge in [-0.3, -0.25) is 0 Å². The smallest absolute Gasteiger partial charge is 0.0306 e. The molecular formula is C8H13N. The summed E-state index contributed by atoms with van der Waals surface area (Å²) in [5.41, 5.74) is 0.947. The molecule has 0 atom stereocenters. The number of nitrogens with one attached hydrogen (secondary N) is 1. The van der Waals surface area contributed by atoms with Gasteiger partial charge in [-0.25, -0.2) is 0 Å². The van der Waals surface area contributed by atoms with Gasteiger partial charge in [0.1, 0.15) is 0 Å². The molecular weight excluding hydrogens is 110 g/mol. The molecule has 1 aliphatic rings. The molecule has 1 nitrogen and oxygen atoms in total. The quantitative estimate of drug-likeness (QED) is 0.520. The Morgan fingerprint density at radius 1 is 1.33 bits per heavy atom. The zero-order valence-electron chi connectivity index (χ0n) is 6.02. The van der Waals surface area contributed by atoms with Crippen LogP contribution in [-0.2, 0) is 0 Å². The van der Waals surface area contributed by atoms with Crippen LogP contribution in [-0.4, -0.2) is 0 Å². The van der Waals surface area contributed by atoms with E-state index in [9.17, 15) is 0 Å². The van der Waals surface area contributed by atoms with E-state index in [0.29, 0.717) is 0 Å². The molecule has 0 saturated carbocycles. The lowest BCUT2D eigenvalue weighted by Gasteiger charge is -1.99. The Kier molecular flexibility index (Phi) is 4.60. The standard InChI is InChI=1S/C6H7N.C2H6/c1-6-4-2-3-5-7-6;1-2/h2-5,7H,1H2;1-2H3. The van der Waals surface area contributed by atoms with E-state index in [-0.39, 0.29) is 0 Å². The highest BCUT2D eigenvalue weighted by Crippen LogP contribution is 1.92. The van der Waals surface area contributed by atoms with Gasteiger partial charge in [0.2, 0.25) is 0 Å². The Balaban J connectivity index is 0.000000291. The van der Waals surface area contributed by atoms with Gasteiger partial charge in [-0.2, -0.15) is 0 Å². The predicted molar refractivity (Wildman–Crippen MR) is 41.9 cm³/mol. The fraction of sp³-hybridized carbons (Fsp3) is 0.250. The fourth-order valence-corrected chi connectivity index (χ4v) is 0.431. The van der Waals surface area contributed by atoms with Crippen molar-refractivity contribution in [2.45, 2.75) is 13.8 Å². The lowest BCUT2D eigenvalue weighted by atomic mass is 10.3. The summed E-state index contributed by atoms with van der Waals surface area (Å²) in [5, 5.41) is 2.92. The van der Waals surface area contributed by atoms with Crippen LogP contribution >= 0.6 is 0 Å². The highest BCUT2D eigenvalue weighted by molar-refractivity contribution is 5.23. The van der Waals surface area contributed by atoms with Gasteiger partial charge < -0.3 is 5.32 Å². The maximum Gasteiger partial charge on any atom is 0.0306 e. The first-order valence-electron chi connectivity index (χ1n) is 3.18. The van der Waals surface area contributed by atoms with Gasteiger partial charge >= 0.3 is 0 Å². The van der Waals surface area contributed by atoms with Crippen LogP contribution in [0.15, 0.2) is 36.7 Å². The summed E-state index contributed by atoms with van der Waals surface area (Å²) < 4.78 is 0. The van der Waals surface area contributed by atoms with Crippen molar-refractivity contribution < 1.29 is 0 Å². The van der Waals surface area contributed by atoms with E-state index in [0.717, 1.165) is 5.70 Å². The van der Waals surface area contributed by atoms with Crippen LogP contribution in [0.1, 0.15) is 13.8 Å². The Hall–Kier alpha value is -0.980. The monoisotopic (exact) mass is 123 g/mol. The first-order chi connectivity index (χ1) is 4.39. The molecule has 1 heterocycles. The van der Waals surface area contributed by atoms with E-state index in [1.807, 2.05) is 38.3 Å². The molecule has 1 rings (SSSR count). The lowest BCUT2D eigenvalue weighted by molar-refractivity contribution is 1.11. The molecule has 0 amide bonds. The molecule has 0 spiro atoms. The first-order valence-corrected chi connectivity index (χ1v) is 3.18. The van der Waals surface area contributed by atoms with Crippen LogP contribution in [0.3, 0.4) is 0 Å². The molecule has 0 aliphatic carbocycles. The van der Waals surface area contributed by atoms with Gasteiger partial charge in [-0.05, 0) is 12.2 Å². The highest BCUT2D eigenvalue weighted by atomic mass is 14.8. The predicted octanol–water partition coefficient (Wildman–Crippen LogP) is 2.20. The Bertz CT molecular complexity index is 132. The lowest BCUT2D eigenvalue weighted by Crippen LogP contribution is -2.01. The van der Waals surface area contributed by atoms with Crippen LogP contribution in [0.25, 0.3) is 0 Å². The molecule has 0 fully saturated rings. The van der Waals surface area contributed by atoms with E-state index in [1.165, 1.54) is 0 Å². The summed E-state index contributed by atoms with van der Waals surface area (Å²) in [6.07, 6.45) is 7.63. The molecule has 9 heavy (non-hydrogen) atoms. The minimum atomic E-state index is 0.947. The SMILES string of the molecule is C=C1C=CC=CN1.CC. The van der Waals surface area contributed by atoms with Gasteiger partial charge in [0.05, 0.1) is 0 Å². The van der Waals surface area contributed by atoms with Crippen LogP contribution < -0.4 is 5.32 Å². The second-order valence-corrected chi connectivity index (χ2v) is 1.39. The average Bonchev–Trinajstić information content (AvgIpc) is 1.94. The summed E-state index contributed by atoms with van der Waals surface area (Å²) in [5.74, 6) is 0. The maximum absolute atomic E-state index is 3.66. The Morgan fingerprint density at radius 3 is 2.22 bits per heavy atom. The minimum absolute atomic E-state index is 0.947. The molecule has 0 unspecified atom stereocenters. The number of hydrogen-bond acceptors (Lipinski definition) is 1. The van der Waals surface area contributed by atoms with Crippen molar-refractivity contribution in [3.05, 3.63) is 36.7 Å². The molecule has 0 aromatic heterocycles. The van der Waals surface area contributed by atoms with Crippen molar-refractivity contribution in [1.29, 1.82) is 0 Å². The molecule has 0 radical (unpaired) electrons. The van der Waals surface area contributed by atoms with E-state index in [2.05, 4.69) is 11.9 Å². The fourth-order valence-electron chi connectivity index (χ4n) is 0.431. The topological polar surface area (TPSA) is 12.0 Å². The molecule has 1 aliphatic heterocycles. The third kappa shape index (κ3) is 3.59. The van der Waals surface area contributed by atoms with E-state index in [4.69, 9.17) is 0 Å². The van der Waals surface area contributed by atoms with Crippen molar-refractivity contribution in [1.82, 2.24) is 5.32 Å². The summed E-state index contributed by atoms with van der Waals surface area (Å²) in [4.78, 5) is 0. The van der Waals surface area contributed by atoms with Crippen molar-refractivity contribution in [2.75, 3.05) is 0 Å². The Morgan fingerprint density at radius 2 is 2.00 bits per heavy atom. The minimum Gasteiger partial charge on any atom is -0.362 e. The van der Waals surface area contributed by atoms with Gasteiger partial charge in [-0.15, -0.1) is 0 Å². The third-order valence-corrected chi connectivity index (χ3v) is 0.773. The van der Waals surface area contributed by atoms with Crippen molar-refractivity contribution >= 4 is 0 Å². The first kappa shape index (κ1) is 8.02. The number of dihydropyridines is 1. The van der Waals surface area contributed by atoms with Crippen LogP contribution in [0.5, 0.6) is 0 Å². The van der Waals surface area contributed by atoms with Crippen LogP contribution in [0, 0.1) is 0 Å². The number of allylic oxidation sites excluding steroid dienone is 3. The second-order valence-electron chi connectivity index (χ2n) is 1.39. The average molecular weight is 123 g/mol.